The zero-order chi connectivity index (χ0) is 22.8. The summed E-state index contributed by atoms with van der Waals surface area (Å²) in [5.74, 6) is -0.0783. The molecule has 2 aromatic rings. The highest BCUT2D eigenvalue weighted by Crippen LogP contribution is 2.35. The maximum atomic E-state index is 12.6. The van der Waals surface area contributed by atoms with E-state index in [2.05, 4.69) is 32.6 Å². The smallest absolute Gasteiger partial charge is 0.337 e. The van der Waals surface area contributed by atoms with Gasteiger partial charge in [0, 0.05) is 10.2 Å². The molecule has 0 atom stereocenters. The summed E-state index contributed by atoms with van der Waals surface area (Å²) < 4.78 is 16.5. The van der Waals surface area contributed by atoms with Crippen molar-refractivity contribution in [2.45, 2.75) is 6.92 Å². The van der Waals surface area contributed by atoms with Crippen LogP contribution in [0.1, 0.15) is 22.8 Å². The quantitative estimate of drug-likeness (QED) is 0.238. The van der Waals surface area contributed by atoms with E-state index >= 15 is 0 Å². The summed E-state index contributed by atoms with van der Waals surface area (Å²) in [5.41, 5.74) is 1.24. The van der Waals surface area contributed by atoms with Crippen LogP contribution in [0.2, 0.25) is 0 Å². The Hall–Kier alpha value is -3.57. The number of amides is 1. The van der Waals surface area contributed by atoms with Crippen LogP contribution in [-0.2, 0) is 9.53 Å². The fraction of sp³-hybridized carbons (Fsp3) is 0.174. The molecule has 1 amide bonds. The van der Waals surface area contributed by atoms with Gasteiger partial charge in [0.1, 0.15) is 18.2 Å². The Kier molecular flexibility index (Phi) is 8.85. The molecular weight excluding hydrogens is 464 g/mol. The Morgan fingerprint density at radius 1 is 1.19 bits per heavy atom. The molecule has 0 radical (unpaired) electrons. The third-order valence-corrected chi connectivity index (χ3v) is 4.64. The minimum atomic E-state index is -0.592. The maximum Gasteiger partial charge on any atom is 0.337 e. The molecule has 2 rings (SSSR count). The van der Waals surface area contributed by atoms with Crippen molar-refractivity contribution in [1.82, 2.24) is 0 Å². The Labute approximate surface area is 189 Å². The lowest BCUT2D eigenvalue weighted by Gasteiger charge is -2.13. The number of nitrogens with one attached hydrogen (secondary N) is 1. The first-order valence-corrected chi connectivity index (χ1v) is 10.0. The van der Waals surface area contributed by atoms with Crippen LogP contribution in [0.15, 0.2) is 59.1 Å². The molecule has 2 aromatic carbocycles. The zero-order valence-electron chi connectivity index (χ0n) is 17.1. The molecule has 0 aromatic heterocycles. The van der Waals surface area contributed by atoms with E-state index in [1.807, 2.05) is 13.0 Å². The van der Waals surface area contributed by atoms with Crippen LogP contribution in [-0.4, -0.2) is 32.2 Å². The highest BCUT2D eigenvalue weighted by Gasteiger charge is 2.14. The van der Waals surface area contributed by atoms with E-state index < -0.39 is 11.9 Å². The van der Waals surface area contributed by atoms with E-state index in [1.165, 1.54) is 25.3 Å². The van der Waals surface area contributed by atoms with Crippen molar-refractivity contribution in [2.24, 2.45) is 0 Å². The van der Waals surface area contributed by atoms with E-state index in [-0.39, 0.29) is 5.57 Å². The summed E-state index contributed by atoms with van der Waals surface area (Å²) in [7, 11) is 1.29. The first-order chi connectivity index (χ1) is 14.9. The first-order valence-electron chi connectivity index (χ1n) is 9.25. The fourth-order valence-corrected chi connectivity index (χ4v) is 2.94. The monoisotopic (exact) mass is 484 g/mol. The van der Waals surface area contributed by atoms with Gasteiger partial charge in [0.15, 0.2) is 11.5 Å². The molecule has 0 spiro atoms. The number of hydrogen-bond acceptors (Lipinski definition) is 6. The van der Waals surface area contributed by atoms with Crippen molar-refractivity contribution in [1.29, 1.82) is 5.26 Å². The van der Waals surface area contributed by atoms with E-state index in [4.69, 9.17) is 9.47 Å². The van der Waals surface area contributed by atoms with Gasteiger partial charge in [0.05, 0.1) is 19.3 Å². The molecule has 8 heteroatoms. The number of methoxy groups -OCH3 is 1. The van der Waals surface area contributed by atoms with Crippen molar-refractivity contribution in [2.75, 3.05) is 25.6 Å². The molecule has 0 aliphatic rings. The highest BCUT2D eigenvalue weighted by atomic mass is 79.9. The molecule has 1 N–H and O–H groups in total. The molecule has 0 bridgehead atoms. The van der Waals surface area contributed by atoms with E-state index in [9.17, 15) is 14.9 Å². The number of carbonyl (C=O) groups excluding carboxylic acids is 2. The molecule has 31 heavy (non-hydrogen) atoms. The SMILES string of the molecule is C=CCOc1cc(Br)c(/C=C(\C#N)C(=O)Nc2ccc(C(=O)OC)cc2)cc1OCC. The Morgan fingerprint density at radius 3 is 2.45 bits per heavy atom. The lowest BCUT2D eigenvalue weighted by molar-refractivity contribution is -0.112. The molecule has 0 unspecified atom stereocenters. The molecule has 0 heterocycles. The van der Waals surface area contributed by atoms with Crippen LogP contribution < -0.4 is 14.8 Å². The van der Waals surface area contributed by atoms with Gasteiger partial charge in [0.25, 0.3) is 5.91 Å². The van der Waals surface area contributed by atoms with Crippen LogP contribution in [0.4, 0.5) is 5.69 Å². The number of carbonyl (C=O) groups is 2. The second-order valence-electron chi connectivity index (χ2n) is 6.05. The topological polar surface area (TPSA) is 97.7 Å². The third kappa shape index (κ3) is 6.46. The molecule has 0 saturated heterocycles. The Bertz CT molecular complexity index is 1040. The predicted octanol–water partition coefficient (Wildman–Crippen LogP) is 4.74. The van der Waals surface area contributed by atoms with Crippen molar-refractivity contribution >= 4 is 39.6 Å². The Morgan fingerprint density at radius 2 is 1.87 bits per heavy atom. The van der Waals surface area contributed by atoms with Crippen LogP contribution in [0.3, 0.4) is 0 Å². The largest absolute Gasteiger partial charge is 0.490 e. The molecular formula is C23H21BrN2O5. The molecule has 0 saturated carbocycles. The Balaban J connectivity index is 2.28. The number of nitrogens with zero attached hydrogens (tertiary/aromatic N) is 1. The zero-order valence-corrected chi connectivity index (χ0v) is 18.7. The average molecular weight is 485 g/mol. The van der Waals surface area contributed by atoms with Gasteiger partial charge in [-0.25, -0.2) is 4.79 Å². The summed E-state index contributed by atoms with van der Waals surface area (Å²) in [6, 6.07) is 11.4. The van der Waals surface area contributed by atoms with Gasteiger partial charge in [-0.2, -0.15) is 5.26 Å². The molecule has 160 valence electrons. The lowest BCUT2D eigenvalue weighted by atomic mass is 10.1. The number of esters is 1. The van der Waals surface area contributed by atoms with Gasteiger partial charge in [-0.05, 0) is 55.0 Å². The van der Waals surface area contributed by atoms with Gasteiger partial charge < -0.3 is 19.5 Å². The highest BCUT2D eigenvalue weighted by molar-refractivity contribution is 9.10. The van der Waals surface area contributed by atoms with E-state index in [0.717, 1.165) is 0 Å². The van der Waals surface area contributed by atoms with E-state index in [0.29, 0.717) is 46.0 Å². The van der Waals surface area contributed by atoms with Gasteiger partial charge in [-0.3, -0.25) is 4.79 Å². The van der Waals surface area contributed by atoms with Crippen LogP contribution in [0.25, 0.3) is 6.08 Å². The summed E-state index contributed by atoms with van der Waals surface area (Å²) >= 11 is 3.44. The second-order valence-corrected chi connectivity index (χ2v) is 6.90. The summed E-state index contributed by atoms with van der Waals surface area (Å²) in [6.07, 6.45) is 3.06. The second kappa shape index (κ2) is 11.6. The van der Waals surface area contributed by atoms with Crippen LogP contribution in [0.5, 0.6) is 11.5 Å². The fourth-order valence-electron chi connectivity index (χ4n) is 2.50. The van der Waals surface area contributed by atoms with Crippen molar-refractivity contribution in [3.05, 3.63) is 70.2 Å². The summed E-state index contributed by atoms with van der Waals surface area (Å²) in [6.45, 7) is 6.19. The van der Waals surface area contributed by atoms with Crippen LogP contribution >= 0.6 is 15.9 Å². The number of benzene rings is 2. The summed E-state index contributed by atoms with van der Waals surface area (Å²) in [4.78, 5) is 24.1. The third-order valence-electron chi connectivity index (χ3n) is 3.95. The molecule has 0 aliphatic carbocycles. The average Bonchev–Trinajstić information content (AvgIpc) is 2.78. The minimum absolute atomic E-state index is 0.111. The normalized spacial score (nSPS) is 10.6. The predicted molar refractivity (Wildman–Crippen MR) is 121 cm³/mol. The number of anilines is 1. The van der Waals surface area contributed by atoms with E-state index in [1.54, 1.807) is 30.3 Å². The van der Waals surface area contributed by atoms with Crippen LogP contribution in [0, 0.1) is 11.3 Å². The van der Waals surface area contributed by atoms with Gasteiger partial charge in [0.2, 0.25) is 0 Å². The maximum absolute atomic E-state index is 12.6. The molecule has 0 fully saturated rings. The number of rotatable bonds is 9. The standard InChI is InChI=1S/C23H21BrN2O5/c1-4-10-31-21-13-19(24)16(12-20(21)30-5-2)11-17(14-25)22(27)26-18-8-6-15(7-9-18)23(28)29-3/h4,6-9,11-13H,1,5,10H2,2-3H3,(H,26,27)/b17-11+. The molecule has 7 nitrogen and oxygen atoms in total. The van der Waals surface area contributed by atoms with Crippen molar-refractivity contribution in [3.63, 3.8) is 0 Å². The lowest BCUT2D eigenvalue weighted by Crippen LogP contribution is -2.13. The molecule has 0 aliphatic heterocycles. The van der Waals surface area contributed by atoms with Crippen molar-refractivity contribution < 1.29 is 23.8 Å². The minimum Gasteiger partial charge on any atom is -0.490 e. The van der Waals surface area contributed by atoms with Crippen molar-refractivity contribution in [3.8, 4) is 17.6 Å². The van der Waals surface area contributed by atoms with Gasteiger partial charge >= 0.3 is 5.97 Å². The van der Waals surface area contributed by atoms with Gasteiger partial charge in [-0.15, -0.1) is 0 Å². The number of ether oxygens (including phenoxy) is 3. The summed E-state index contributed by atoms with van der Waals surface area (Å²) in [5, 5.41) is 12.1. The number of nitriles is 1. The number of hydrogen-bond donors (Lipinski definition) is 1. The first kappa shape index (κ1) is 23.7. The van der Waals surface area contributed by atoms with Gasteiger partial charge in [-0.1, -0.05) is 28.6 Å². The number of halogens is 1.